The topological polar surface area (TPSA) is 86.3 Å². The lowest BCUT2D eigenvalue weighted by Crippen LogP contribution is -2.40. The van der Waals surface area contributed by atoms with Crippen molar-refractivity contribution in [3.05, 3.63) is 69.9 Å². The van der Waals surface area contributed by atoms with Crippen LogP contribution in [-0.2, 0) is 13.0 Å². The minimum atomic E-state index is -0.136. The Kier molecular flexibility index (Phi) is 2.85. The SMILES string of the molecule is O=C(c1ccc2[nH]ccc2c1)N1CCc2nc3cc[nH]n3c(=O)c2C1. The van der Waals surface area contributed by atoms with Gasteiger partial charge in [-0.05, 0) is 24.3 Å². The standard InChI is InChI=1S/C18H15N5O2/c24-17(12-1-2-14-11(9-12)3-6-19-14)22-8-5-15-13(10-22)18(25)23-16(21-15)4-7-20-23/h1-4,6-7,9,19-20H,5,8,10H2. The fourth-order valence-corrected chi connectivity index (χ4v) is 3.46. The van der Waals surface area contributed by atoms with Crippen molar-refractivity contribution < 1.29 is 4.79 Å². The zero-order chi connectivity index (χ0) is 17.0. The fraction of sp³-hybridized carbons (Fsp3) is 0.167. The molecule has 3 aromatic heterocycles. The highest BCUT2D eigenvalue weighted by Crippen LogP contribution is 2.20. The van der Waals surface area contributed by atoms with E-state index in [2.05, 4.69) is 15.1 Å². The van der Waals surface area contributed by atoms with Crippen molar-refractivity contribution in [2.24, 2.45) is 0 Å². The molecule has 124 valence electrons. The molecule has 0 radical (unpaired) electrons. The Bertz CT molecular complexity index is 1180. The molecule has 0 saturated heterocycles. The quantitative estimate of drug-likeness (QED) is 0.556. The summed E-state index contributed by atoms with van der Waals surface area (Å²) >= 11 is 0. The van der Waals surface area contributed by atoms with Gasteiger partial charge in [-0.1, -0.05) is 0 Å². The molecule has 1 amide bonds. The van der Waals surface area contributed by atoms with Crippen LogP contribution >= 0.6 is 0 Å². The van der Waals surface area contributed by atoms with Crippen LogP contribution in [0.4, 0.5) is 0 Å². The van der Waals surface area contributed by atoms with Crippen LogP contribution in [-0.4, -0.2) is 36.9 Å². The summed E-state index contributed by atoms with van der Waals surface area (Å²) in [6, 6.07) is 9.31. The van der Waals surface area contributed by atoms with E-state index in [4.69, 9.17) is 0 Å². The molecule has 0 saturated carbocycles. The van der Waals surface area contributed by atoms with Gasteiger partial charge in [-0.15, -0.1) is 0 Å². The molecule has 0 fully saturated rings. The molecule has 4 heterocycles. The molecule has 2 N–H and O–H groups in total. The van der Waals surface area contributed by atoms with Crippen LogP contribution in [0, 0.1) is 0 Å². The van der Waals surface area contributed by atoms with E-state index in [-0.39, 0.29) is 18.0 Å². The van der Waals surface area contributed by atoms with Crippen LogP contribution in [0.5, 0.6) is 0 Å². The van der Waals surface area contributed by atoms with Gasteiger partial charge in [-0.3, -0.25) is 14.7 Å². The maximum absolute atomic E-state index is 12.9. The third kappa shape index (κ3) is 2.09. The summed E-state index contributed by atoms with van der Waals surface area (Å²) in [7, 11) is 0. The van der Waals surface area contributed by atoms with Gasteiger partial charge < -0.3 is 9.88 Å². The van der Waals surface area contributed by atoms with E-state index < -0.39 is 0 Å². The minimum absolute atomic E-state index is 0.0651. The highest BCUT2D eigenvalue weighted by molar-refractivity contribution is 5.98. The lowest BCUT2D eigenvalue weighted by molar-refractivity contribution is 0.0732. The Morgan fingerprint density at radius 1 is 1.16 bits per heavy atom. The number of rotatable bonds is 1. The number of H-pyrrole nitrogens is 2. The van der Waals surface area contributed by atoms with Crippen molar-refractivity contribution in [3.63, 3.8) is 0 Å². The number of carbonyl (C=O) groups excluding carboxylic acids is 1. The molecule has 0 spiro atoms. The van der Waals surface area contributed by atoms with Crippen molar-refractivity contribution in [3.8, 4) is 0 Å². The molecule has 0 aliphatic carbocycles. The number of hydrogen-bond donors (Lipinski definition) is 2. The third-order valence-electron chi connectivity index (χ3n) is 4.78. The van der Waals surface area contributed by atoms with Gasteiger partial charge in [0.25, 0.3) is 11.5 Å². The van der Waals surface area contributed by atoms with E-state index >= 15 is 0 Å². The van der Waals surface area contributed by atoms with Crippen molar-refractivity contribution in [1.82, 2.24) is 24.5 Å². The van der Waals surface area contributed by atoms with Crippen molar-refractivity contribution in [1.29, 1.82) is 0 Å². The number of amides is 1. The normalized spacial score (nSPS) is 14.2. The summed E-state index contributed by atoms with van der Waals surface area (Å²) in [4.78, 5) is 34.9. The van der Waals surface area contributed by atoms with Gasteiger partial charge in [0, 0.05) is 47.9 Å². The Balaban J connectivity index is 1.52. The molecule has 1 aromatic carbocycles. The third-order valence-corrected chi connectivity index (χ3v) is 4.78. The largest absolute Gasteiger partial charge is 0.361 e. The van der Waals surface area contributed by atoms with Gasteiger partial charge in [0.15, 0.2) is 5.65 Å². The highest BCUT2D eigenvalue weighted by atomic mass is 16.2. The number of nitrogens with zero attached hydrogens (tertiary/aromatic N) is 3. The first-order valence-electron chi connectivity index (χ1n) is 8.15. The summed E-state index contributed by atoms with van der Waals surface area (Å²) in [5, 5.41) is 3.86. The lowest BCUT2D eigenvalue weighted by Gasteiger charge is -2.27. The minimum Gasteiger partial charge on any atom is -0.361 e. The maximum Gasteiger partial charge on any atom is 0.277 e. The van der Waals surface area contributed by atoms with Crippen molar-refractivity contribution in [2.45, 2.75) is 13.0 Å². The highest BCUT2D eigenvalue weighted by Gasteiger charge is 2.26. The van der Waals surface area contributed by atoms with Crippen LogP contribution < -0.4 is 5.56 Å². The summed E-state index contributed by atoms with van der Waals surface area (Å²) in [6.45, 7) is 0.844. The molecular weight excluding hydrogens is 318 g/mol. The zero-order valence-electron chi connectivity index (χ0n) is 13.3. The summed E-state index contributed by atoms with van der Waals surface area (Å²) in [6.07, 6.45) is 4.12. The number of nitrogens with one attached hydrogen (secondary N) is 2. The van der Waals surface area contributed by atoms with Gasteiger partial charge in [0.2, 0.25) is 0 Å². The molecule has 4 aromatic rings. The molecule has 5 rings (SSSR count). The second-order valence-electron chi connectivity index (χ2n) is 6.25. The number of aromatic amines is 2. The predicted molar refractivity (Wildman–Crippen MR) is 92.6 cm³/mol. The van der Waals surface area contributed by atoms with E-state index in [1.54, 1.807) is 17.2 Å². The van der Waals surface area contributed by atoms with Gasteiger partial charge >= 0.3 is 0 Å². The smallest absolute Gasteiger partial charge is 0.277 e. The van der Waals surface area contributed by atoms with Crippen LogP contribution in [0.3, 0.4) is 0 Å². The van der Waals surface area contributed by atoms with Crippen molar-refractivity contribution in [2.75, 3.05) is 6.54 Å². The molecule has 0 atom stereocenters. The molecule has 25 heavy (non-hydrogen) atoms. The Morgan fingerprint density at radius 3 is 3.00 bits per heavy atom. The molecule has 1 aliphatic rings. The van der Waals surface area contributed by atoms with Crippen molar-refractivity contribution >= 4 is 22.5 Å². The number of benzene rings is 1. The van der Waals surface area contributed by atoms with Gasteiger partial charge in [-0.2, -0.15) is 0 Å². The Hall–Kier alpha value is -3.35. The number of hydrogen-bond acceptors (Lipinski definition) is 3. The Labute approximate surface area is 141 Å². The van der Waals surface area contributed by atoms with Crippen LogP contribution in [0.1, 0.15) is 21.6 Å². The molecular formula is C18H15N5O2. The Morgan fingerprint density at radius 2 is 2.08 bits per heavy atom. The maximum atomic E-state index is 12.9. The molecule has 1 aliphatic heterocycles. The average molecular weight is 333 g/mol. The number of carbonyl (C=O) groups is 1. The monoisotopic (exact) mass is 333 g/mol. The van der Waals surface area contributed by atoms with Gasteiger partial charge in [-0.25, -0.2) is 9.50 Å². The molecule has 7 nitrogen and oxygen atoms in total. The number of fused-ring (bicyclic) bond motifs is 3. The van der Waals surface area contributed by atoms with E-state index in [1.165, 1.54) is 4.52 Å². The molecule has 0 unspecified atom stereocenters. The first-order chi connectivity index (χ1) is 12.2. The second kappa shape index (κ2) is 5.07. The van der Waals surface area contributed by atoms with Crippen LogP contribution in [0.2, 0.25) is 0 Å². The van der Waals surface area contributed by atoms with Gasteiger partial charge in [0.05, 0.1) is 17.8 Å². The first-order valence-corrected chi connectivity index (χ1v) is 8.15. The first kappa shape index (κ1) is 14.0. The second-order valence-corrected chi connectivity index (χ2v) is 6.25. The zero-order valence-corrected chi connectivity index (χ0v) is 13.3. The van der Waals surface area contributed by atoms with Crippen LogP contribution in [0.25, 0.3) is 16.6 Å². The lowest BCUT2D eigenvalue weighted by atomic mass is 10.0. The fourth-order valence-electron chi connectivity index (χ4n) is 3.46. The van der Waals surface area contributed by atoms with Gasteiger partial charge in [0.1, 0.15) is 0 Å². The predicted octanol–water partition coefficient (Wildman–Crippen LogP) is 1.70. The van der Waals surface area contributed by atoms with E-state index in [9.17, 15) is 9.59 Å². The summed E-state index contributed by atoms with van der Waals surface area (Å²) in [5.41, 5.74) is 3.48. The van der Waals surface area contributed by atoms with E-state index in [0.29, 0.717) is 29.7 Å². The van der Waals surface area contributed by atoms with E-state index in [1.807, 2.05) is 30.5 Å². The number of aromatic nitrogens is 4. The van der Waals surface area contributed by atoms with E-state index in [0.717, 1.165) is 16.6 Å². The van der Waals surface area contributed by atoms with Crippen LogP contribution in [0.15, 0.2) is 47.5 Å². The summed E-state index contributed by atoms with van der Waals surface area (Å²) in [5.74, 6) is -0.0651. The summed E-state index contributed by atoms with van der Waals surface area (Å²) < 4.78 is 1.42. The molecule has 7 heteroatoms. The average Bonchev–Trinajstić information content (AvgIpc) is 3.29. The molecule has 0 bridgehead atoms.